The molecule has 0 bridgehead atoms. The van der Waals surface area contributed by atoms with Gasteiger partial charge in [0, 0.05) is 23.1 Å². The summed E-state index contributed by atoms with van der Waals surface area (Å²) in [6.45, 7) is 5.25. The Morgan fingerprint density at radius 3 is 2.58 bits per heavy atom. The number of rotatable bonds is 1. The van der Waals surface area contributed by atoms with Gasteiger partial charge in [0.2, 0.25) is 0 Å². The lowest BCUT2D eigenvalue weighted by molar-refractivity contribution is 0.0661. The fourth-order valence-corrected chi connectivity index (χ4v) is 2.83. The number of amides is 1. The summed E-state index contributed by atoms with van der Waals surface area (Å²) < 4.78 is 0.984. The van der Waals surface area contributed by atoms with Crippen LogP contribution in [-0.4, -0.2) is 23.9 Å². The largest absolute Gasteiger partial charge is 0.339 e. The molecule has 1 fully saturated rings. The minimum absolute atomic E-state index is 0.0741. The molecule has 1 aromatic carbocycles. The lowest BCUT2D eigenvalue weighted by atomic mass is 9.82. The number of nitriles is 1. The summed E-state index contributed by atoms with van der Waals surface area (Å²) >= 11 is 3.40. The molecular formula is C15H17BrN2O. The summed E-state index contributed by atoms with van der Waals surface area (Å²) in [5.74, 6) is 0.0741. The van der Waals surface area contributed by atoms with E-state index in [1.807, 2.05) is 36.9 Å². The van der Waals surface area contributed by atoms with E-state index in [1.165, 1.54) is 0 Å². The first-order chi connectivity index (χ1) is 8.95. The van der Waals surface area contributed by atoms with Gasteiger partial charge in [-0.3, -0.25) is 4.79 Å². The Kier molecular flexibility index (Phi) is 3.96. The van der Waals surface area contributed by atoms with E-state index in [1.54, 1.807) is 0 Å². The topological polar surface area (TPSA) is 44.1 Å². The van der Waals surface area contributed by atoms with Crippen molar-refractivity contribution in [2.24, 2.45) is 5.41 Å². The number of piperidine rings is 1. The Morgan fingerprint density at radius 2 is 2.05 bits per heavy atom. The first kappa shape index (κ1) is 14.1. The van der Waals surface area contributed by atoms with Crippen LogP contribution in [0.25, 0.3) is 0 Å². The van der Waals surface area contributed by atoms with Crippen molar-refractivity contribution >= 4 is 21.8 Å². The lowest BCUT2D eigenvalue weighted by Crippen LogP contribution is -2.41. The van der Waals surface area contributed by atoms with Crippen LogP contribution >= 0.6 is 15.9 Å². The minimum Gasteiger partial charge on any atom is -0.339 e. The second-order valence-electron chi connectivity index (χ2n) is 5.42. The monoisotopic (exact) mass is 320 g/mol. The summed E-state index contributed by atoms with van der Waals surface area (Å²) in [5, 5.41) is 9.11. The van der Waals surface area contributed by atoms with E-state index in [2.05, 4.69) is 22.0 Å². The Morgan fingerprint density at radius 1 is 1.42 bits per heavy atom. The van der Waals surface area contributed by atoms with Gasteiger partial charge in [0.25, 0.3) is 5.91 Å². The van der Waals surface area contributed by atoms with Crippen molar-refractivity contribution in [2.75, 3.05) is 13.1 Å². The Labute approximate surface area is 122 Å². The Bertz CT molecular complexity index is 540. The van der Waals surface area contributed by atoms with Gasteiger partial charge in [-0.1, -0.05) is 15.9 Å². The first-order valence-corrected chi connectivity index (χ1v) is 7.21. The molecule has 1 aliphatic rings. The van der Waals surface area contributed by atoms with Crippen molar-refractivity contribution in [3.8, 4) is 6.07 Å². The highest BCUT2D eigenvalue weighted by molar-refractivity contribution is 9.10. The lowest BCUT2D eigenvalue weighted by Gasteiger charge is -2.35. The van der Waals surface area contributed by atoms with E-state index in [0.717, 1.165) is 28.4 Å². The molecule has 100 valence electrons. The maximum atomic E-state index is 12.5. The molecule has 1 heterocycles. The molecule has 0 radical (unpaired) electrons. The molecule has 1 amide bonds. The third-order valence-electron chi connectivity index (χ3n) is 3.84. The third-order valence-corrected chi connectivity index (χ3v) is 4.34. The maximum absolute atomic E-state index is 12.5. The summed E-state index contributed by atoms with van der Waals surface area (Å²) in [6, 6.07) is 8.06. The number of benzene rings is 1. The average Bonchev–Trinajstić information content (AvgIpc) is 2.39. The molecule has 19 heavy (non-hydrogen) atoms. The molecule has 3 nitrogen and oxygen atoms in total. The van der Waals surface area contributed by atoms with Crippen molar-refractivity contribution in [2.45, 2.75) is 26.7 Å². The van der Waals surface area contributed by atoms with Crippen LogP contribution in [0.1, 0.15) is 35.7 Å². The van der Waals surface area contributed by atoms with Crippen molar-refractivity contribution in [1.29, 1.82) is 5.26 Å². The van der Waals surface area contributed by atoms with Gasteiger partial charge in [-0.15, -0.1) is 0 Å². The van der Waals surface area contributed by atoms with Crippen molar-refractivity contribution < 1.29 is 4.79 Å². The zero-order chi connectivity index (χ0) is 14.0. The smallest absolute Gasteiger partial charge is 0.254 e. The Hall–Kier alpha value is -1.34. The molecule has 0 saturated carbocycles. The van der Waals surface area contributed by atoms with Crippen LogP contribution in [0.5, 0.6) is 0 Å². The highest BCUT2D eigenvalue weighted by Gasteiger charge is 2.32. The van der Waals surface area contributed by atoms with E-state index in [-0.39, 0.29) is 11.3 Å². The molecule has 0 aromatic heterocycles. The fourth-order valence-electron chi connectivity index (χ4n) is 2.35. The summed E-state index contributed by atoms with van der Waals surface area (Å²) in [5.41, 5.74) is 1.46. The molecular weight excluding hydrogens is 304 g/mol. The molecule has 1 aromatic rings. The molecule has 1 aliphatic heterocycles. The number of aryl methyl sites for hydroxylation is 1. The molecule has 2 rings (SSSR count). The van der Waals surface area contributed by atoms with Crippen molar-refractivity contribution in [3.63, 3.8) is 0 Å². The molecule has 0 atom stereocenters. The van der Waals surface area contributed by atoms with E-state index in [4.69, 9.17) is 5.26 Å². The normalized spacial score (nSPS) is 17.9. The number of carbonyl (C=O) groups excluding carboxylic acids is 1. The zero-order valence-corrected chi connectivity index (χ0v) is 12.8. The van der Waals surface area contributed by atoms with E-state index < -0.39 is 0 Å². The molecule has 0 spiro atoms. The molecule has 0 aliphatic carbocycles. The number of halogens is 1. The second-order valence-corrected chi connectivity index (χ2v) is 6.34. The number of nitrogens with zero attached hydrogens (tertiary/aromatic N) is 2. The summed E-state index contributed by atoms with van der Waals surface area (Å²) in [4.78, 5) is 14.3. The third kappa shape index (κ3) is 2.98. The molecule has 0 unspecified atom stereocenters. The van der Waals surface area contributed by atoms with Crippen LogP contribution in [0.2, 0.25) is 0 Å². The average molecular weight is 321 g/mol. The van der Waals surface area contributed by atoms with E-state index in [9.17, 15) is 4.79 Å². The SMILES string of the molecule is Cc1cc(Br)ccc1C(=O)N1CCC(C)(C#N)CC1. The van der Waals surface area contributed by atoms with Gasteiger partial charge in [-0.25, -0.2) is 0 Å². The van der Waals surface area contributed by atoms with Gasteiger partial charge in [-0.05, 0) is 50.5 Å². The highest BCUT2D eigenvalue weighted by atomic mass is 79.9. The Balaban J connectivity index is 2.12. The van der Waals surface area contributed by atoms with Gasteiger partial charge in [-0.2, -0.15) is 5.26 Å². The number of carbonyl (C=O) groups is 1. The predicted molar refractivity (Wildman–Crippen MR) is 77.7 cm³/mol. The van der Waals surface area contributed by atoms with Crippen molar-refractivity contribution in [3.05, 3.63) is 33.8 Å². The minimum atomic E-state index is -0.272. The summed E-state index contributed by atoms with van der Waals surface area (Å²) in [6.07, 6.45) is 1.51. The second kappa shape index (κ2) is 5.34. The number of hydrogen-bond donors (Lipinski definition) is 0. The van der Waals surface area contributed by atoms with Crippen LogP contribution in [-0.2, 0) is 0 Å². The van der Waals surface area contributed by atoms with Crippen LogP contribution in [0.4, 0.5) is 0 Å². The van der Waals surface area contributed by atoms with Crippen LogP contribution in [0.3, 0.4) is 0 Å². The van der Waals surface area contributed by atoms with Crippen LogP contribution < -0.4 is 0 Å². The number of hydrogen-bond acceptors (Lipinski definition) is 2. The maximum Gasteiger partial charge on any atom is 0.254 e. The van der Waals surface area contributed by atoms with E-state index in [0.29, 0.717) is 13.1 Å². The van der Waals surface area contributed by atoms with Gasteiger partial charge < -0.3 is 4.90 Å². The predicted octanol–water partition coefficient (Wildman–Crippen LogP) is 3.52. The van der Waals surface area contributed by atoms with Gasteiger partial charge in [0.15, 0.2) is 0 Å². The van der Waals surface area contributed by atoms with Gasteiger partial charge in [0.05, 0.1) is 11.5 Å². The highest BCUT2D eigenvalue weighted by Crippen LogP contribution is 2.30. The van der Waals surface area contributed by atoms with Crippen molar-refractivity contribution in [1.82, 2.24) is 4.90 Å². The first-order valence-electron chi connectivity index (χ1n) is 6.42. The van der Waals surface area contributed by atoms with E-state index >= 15 is 0 Å². The standard InChI is InChI=1S/C15H17BrN2O/c1-11-9-12(16)3-4-13(11)14(19)18-7-5-15(2,10-17)6-8-18/h3-4,9H,5-8H2,1-2H3. The molecule has 0 N–H and O–H groups in total. The quantitative estimate of drug-likeness (QED) is 0.794. The molecule has 1 saturated heterocycles. The fraction of sp³-hybridized carbons (Fsp3) is 0.467. The zero-order valence-electron chi connectivity index (χ0n) is 11.2. The van der Waals surface area contributed by atoms with Gasteiger partial charge >= 0.3 is 0 Å². The summed E-state index contributed by atoms with van der Waals surface area (Å²) in [7, 11) is 0. The molecule has 4 heteroatoms. The van der Waals surface area contributed by atoms with Crippen LogP contribution in [0, 0.1) is 23.7 Å². The van der Waals surface area contributed by atoms with Crippen LogP contribution in [0.15, 0.2) is 22.7 Å². The van der Waals surface area contributed by atoms with Gasteiger partial charge in [0.1, 0.15) is 0 Å². The number of likely N-dealkylation sites (tertiary alicyclic amines) is 1.